The molecule has 0 N–H and O–H groups in total. The molecule has 0 aromatic carbocycles. The second-order valence-electron chi connectivity index (χ2n) is 7.30. The smallest absolute Gasteiger partial charge is 0.309 e. The molecule has 2 fully saturated rings. The number of carbonyl (C=O) groups excluding carboxylic acids is 3. The first-order chi connectivity index (χ1) is 13.1. The van der Waals surface area contributed by atoms with E-state index in [1.807, 2.05) is 22.4 Å². The highest BCUT2D eigenvalue weighted by Crippen LogP contribution is 2.22. The number of carbonyl (C=O) groups is 3. The van der Waals surface area contributed by atoms with Gasteiger partial charge in [-0.2, -0.15) is 0 Å². The molecule has 0 saturated carbocycles. The summed E-state index contributed by atoms with van der Waals surface area (Å²) in [7, 11) is 0. The lowest BCUT2D eigenvalue weighted by Gasteiger charge is -2.31. The number of thiophene rings is 1. The van der Waals surface area contributed by atoms with Crippen molar-refractivity contribution in [2.24, 2.45) is 5.92 Å². The van der Waals surface area contributed by atoms with Crippen molar-refractivity contribution in [1.82, 2.24) is 9.80 Å². The van der Waals surface area contributed by atoms with Crippen LogP contribution in [0, 0.1) is 5.92 Å². The van der Waals surface area contributed by atoms with Crippen LogP contribution < -0.4 is 0 Å². The fourth-order valence-corrected chi connectivity index (χ4v) is 4.40. The van der Waals surface area contributed by atoms with E-state index in [4.69, 9.17) is 4.74 Å². The number of hydrogen-bond donors (Lipinski definition) is 0. The number of amides is 2. The Balaban J connectivity index is 1.40. The average molecular weight is 393 g/mol. The molecule has 0 aliphatic carbocycles. The van der Waals surface area contributed by atoms with Gasteiger partial charge >= 0.3 is 5.97 Å². The van der Waals surface area contributed by atoms with E-state index in [0.717, 1.165) is 43.6 Å². The fourth-order valence-electron chi connectivity index (χ4n) is 3.71. The van der Waals surface area contributed by atoms with E-state index in [1.165, 1.54) is 17.8 Å². The maximum Gasteiger partial charge on any atom is 0.309 e. The van der Waals surface area contributed by atoms with E-state index >= 15 is 0 Å². The third kappa shape index (κ3) is 5.54. The van der Waals surface area contributed by atoms with E-state index in [2.05, 4.69) is 0 Å². The Morgan fingerprint density at radius 2 is 1.63 bits per heavy atom. The number of piperidine rings is 1. The monoisotopic (exact) mass is 392 g/mol. The van der Waals surface area contributed by atoms with Gasteiger partial charge in [0, 0.05) is 26.2 Å². The first-order valence-corrected chi connectivity index (χ1v) is 10.8. The van der Waals surface area contributed by atoms with Crippen LogP contribution in [-0.4, -0.2) is 60.4 Å². The Morgan fingerprint density at radius 3 is 2.26 bits per heavy atom. The van der Waals surface area contributed by atoms with Gasteiger partial charge in [-0.3, -0.25) is 14.4 Å². The molecular formula is C20H28N2O4S. The quantitative estimate of drug-likeness (QED) is 0.739. The van der Waals surface area contributed by atoms with Crippen molar-refractivity contribution in [3.8, 4) is 0 Å². The predicted molar refractivity (Wildman–Crippen MR) is 104 cm³/mol. The molecule has 0 atom stereocenters. The van der Waals surface area contributed by atoms with Crippen LogP contribution in [0.15, 0.2) is 17.5 Å². The van der Waals surface area contributed by atoms with Crippen LogP contribution in [0.25, 0.3) is 0 Å². The van der Waals surface area contributed by atoms with Gasteiger partial charge in [0.05, 0.1) is 10.8 Å². The predicted octanol–water partition coefficient (Wildman–Crippen LogP) is 2.94. The first-order valence-electron chi connectivity index (χ1n) is 9.92. The molecule has 1 aromatic rings. The lowest BCUT2D eigenvalue weighted by atomic mass is 9.97. The third-order valence-corrected chi connectivity index (χ3v) is 6.25. The summed E-state index contributed by atoms with van der Waals surface area (Å²) < 4.78 is 5.31. The number of likely N-dealkylation sites (tertiary alicyclic amines) is 2. The first kappa shape index (κ1) is 19.9. The molecule has 148 valence electrons. The lowest BCUT2D eigenvalue weighted by molar-refractivity contribution is -0.156. The van der Waals surface area contributed by atoms with Gasteiger partial charge in [-0.25, -0.2) is 0 Å². The maximum atomic E-state index is 12.3. The topological polar surface area (TPSA) is 66.9 Å². The Morgan fingerprint density at radius 1 is 0.963 bits per heavy atom. The van der Waals surface area contributed by atoms with Gasteiger partial charge in [0.2, 0.25) is 0 Å². The third-order valence-electron chi connectivity index (χ3n) is 5.39. The number of nitrogens with zero attached hydrogens (tertiary/aromatic N) is 2. The van der Waals surface area contributed by atoms with Crippen molar-refractivity contribution in [3.63, 3.8) is 0 Å². The Bertz CT molecular complexity index is 630. The van der Waals surface area contributed by atoms with Gasteiger partial charge in [0.1, 0.15) is 0 Å². The standard InChI is InChI=1S/C20H28N2O4S/c23-18(21-10-4-2-1-3-5-11-21)15-26-20(25)16-8-12-22(13-9-16)19(24)17-7-6-14-27-17/h6-7,14,16H,1-5,8-13,15H2. The van der Waals surface area contributed by atoms with Crippen molar-refractivity contribution in [2.75, 3.05) is 32.8 Å². The highest BCUT2D eigenvalue weighted by atomic mass is 32.1. The number of hydrogen-bond acceptors (Lipinski definition) is 5. The van der Waals surface area contributed by atoms with Crippen LogP contribution in [0.3, 0.4) is 0 Å². The number of ether oxygens (including phenoxy) is 1. The molecule has 2 aliphatic rings. The van der Waals surface area contributed by atoms with Crippen molar-refractivity contribution in [1.29, 1.82) is 0 Å². The summed E-state index contributed by atoms with van der Waals surface area (Å²) in [5.41, 5.74) is 0. The molecule has 0 spiro atoms. The molecule has 27 heavy (non-hydrogen) atoms. The van der Waals surface area contributed by atoms with Crippen LogP contribution in [-0.2, 0) is 14.3 Å². The van der Waals surface area contributed by atoms with Crippen molar-refractivity contribution in [2.45, 2.75) is 44.9 Å². The molecule has 3 heterocycles. The van der Waals surface area contributed by atoms with E-state index in [0.29, 0.717) is 25.9 Å². The average Bonchev–Trinajstić information content (AvgIpc) is 3.20. The minimum atomic E-state index is -0.307. The molecular weight excluding hydrogens is 364 g/mol. The molecule has 2 saturated heterocycles. The second-order valence-corrected chi connectivity index (χ2v) is 8.25. The molecule has 0 radical (unpaired) electrons. The summed E-state index contributed by atoms with van der Waals surface area (Å²) >= 11 is 1.43. The van der Waals surface area contributed by atoms with E-state index in [-0.39, 0.29) is 30.3 Å². The summed E-state index contributed by atoms with van der Waals surface area (Å²) in [5, 5.41) is 1.89. The molecule has 2 aliphatic heterocycles. The molecule has 3 rings (SSSR count). The highest BCUT2D eigenvalue weighted by Gasteiger charge is 2.29. The van der Waals surface area contributed by atoms with Crippen LogP contribution in [0.2, 0.25) is 0 Å². The Kier molecular flexibility index (Phi) is 7.26. The van der Waals surface area contributed by atoms with Crippen molar-refractivity contribution < 1.29 is 19.1 Å². The molecule has 6 nitrogen and oxygen atoms in total. The van der Waals surface area contributed by atoms with Gasteiger partial charge in [-0.15, -0.1) is 11.3 Å². The van der Waals surface area contributed by atoms with E-state index < -0.39 is 0 Å². The van der Waals surface area contributed by atoms with Crippen molar-refractivity contribution in [3.05, 3.63) is 22.4 Å². The fraction of sp³-hybridized carbons (Fsp3) is 0.650. The molecule has 1 aromatic heterocycles. The minimum Gasteiger partial charge on any atom is -0.455 e. The lowest BCUT2D eigenvalue weighted by Crippen LogP contribution is -2.41. The van der Waals surface area contributed by atoms with Crippen LogP contribution >= 0.6 is 11.3 Å². The van der Waals surface area contributed by atoms with Gasteiger partial charge in [0.25, 0.3) is 11.8 Å². The SMILES string of the molecule is O=C(OCC(=O)N1CCCCCCC1)C1CCN(C(=O)c2cccs2)CC1. The van der Waals surface area contributed by atoms with Gasteiger partial charge in [-0.1, -0.05) is 25.3 Å². The largest absolute Gasteiger partial charge is 0.455 e. The number of esters is 1. The van der Waals surface area contributed by atoms with Crippen LogP contribution in [0.4, 0.5) is 0 Å². The summed E-state index contributed by atoms with van der Waals surface area (Å²) in [6, 6.07) is 3.69. The summed E-state index contributed by atoms with van der Waals surface area (Å²) in [4.78, 5) is 41.3. The Labute approximate surface area is 164 Å². The van der Waals surface area contributed by atoms with Gasteiger partial charge in [0.15, 0.2) is 6.61 Å². The summed E-state index contributed by atoms with van der Waals surface area (Å²) in [6.07, 6.45) is 6.79. The van der Waals surface area contributed by atoms with Gasteiger partial charge in [-0.05, 0) is 37.1 Å². The molecule has 7 heteroatoms. The second kappa shape index (κ2) is 9.88. The van der Waals surface area contributed by atoms with E-state index in [1.54, 1.807) is 4.90 Å². The molecule has 2 amide bonds. The van der Waals surface area contributed by atoms with Crippen LogP contribution in [0.5, 0.6) is 0 Å². The Hall–Kier alpha value is -1.89. The van der Waals surface area contributed by atoms with Crippen molar-refractivity contribution >= 4 is 29.1 Å². The molecule has 0 unspecified atom stereocenters. The normalized spacial score (nSPS) is 19.3. The summed E-state index contributed by atoms with van der Waals surface area (Å²) in [5.74, 6) is -0.587. The highest BCUT2D eigenvalue weighted by molar-refractivity contribution is 7.12. The molecule has 0 bridgehead atoms. The van der Waals surface area contributed by atoms with Gasteiger partial charge < -0.3 is 14.5 Å². The number of rotatable bonds is 4. The zero-order chi connectivity index (χ0) is 19.1. The maximum absolute atomic E-state index is 12.3. The zero-order valence-electron chi connectivity index (χ0n) is 15.7. The summed E-state index contributed by atoms with van der Waals surface area (Å²) in [6.45, 7) is 2.47. The zero-order valence-corrected chi connectivity index (χ0v) is 16.5. The minimum absolute atomic E-state index is 0.0316. The van der Waals surface area contributed by atoms with Crippen LogP contribution in [0.1, 0.15) is 54.6 Å². The van der Waals surface area contributed by atoms with E-state index in [9.17, 15) is 14.4 Å².